The third-order valence-corrected chi connectivity index (χ3v) is 15.7. The van der Waals surface area contributed by atoms with E-state index in [1.165, 1.54) is 173 Å². The van der Waals surface area contributed by atoms with Crippen molar-refractivity contribution in [2.45, 2.75) is 341 Å². The number of carbonyl (C=O) groups is 3. The standard InChI is InChI=1S/C68H125O11P/c1-4-7-10-13-16-19-22-25-28-31-32-35-36-39-42-45-48-51-54-57-66(70)75-61-65(79-68(72)59-56-53-50-47-44-41-38-34-30-27-24-21-18-15-12-9-6-3)63-77-80(73,74)76-62-64(60-69)78-67(71)58-55-52-49-46-43-40-37-33-29-26-23-20-17-14-11-8-5-2/h9,12,18,21,26-27,29-30,64-65,69H,4-8,10-11,13-17,19-20,22-25,28,31-63H2,1-3H3,(H,73,74)/b12-9-,21-18-,29-26-,30-27-. The van der Waals surface area contributed by atoms with E-state index in [9.17, 15) is 28.9 Å². The summed E-state index contributed by atoms with van der Waals surface area (Å²) in [4.78, 5) is 48.8. The van der Waals surface area contributed by atoms with Crippen LogP contribution in [-0.4, -0.2) is 66.5 Å². The number of rotatable bonds is 63. The summed E-state index contributed by atoms with van der Waals surface area (Å²) in [6, 6.07) is 0. The third-order valence-electron chi connectivity index (χ3n) is 14.7. The Hall–Kier alpha value is -2.56. The number of phosphoric acid groups is 1. The zero-order valence-corrected chi connectivity index (χ0v) is 53.0. The lowest BCUT2D eigenvalue weighted by Crippen LogP contribution is -2.30. The van der Waals surface area contributed by atoms with Crippen LogP contribution < -0.4 is 0 Å². The van der Waals surface area contributed by atoms with Crippen LogP contribution in [0.2, 0.25) is 0 Å². The molecule has 0 saturated heterocycles. The van der Waals surface area contributed by atoms with Crippen LogP contribution in [0.1, 0.15) is 329 Å². The van der Waals surface area contributed by atoms with Gasteiger partial charge in [-0.25, -0.2) is 4.57 Å². The van der Waals surface area contributed by atoms with Crippen LogP contribution in [0, 0.1) is 0 Å². The topological polar surface area (TPSA) is 155 Å². The molecular weight excluding hydrogens is 1020 g/mol. The molecule has 0 spiro atoms. The summed E-state index contributed by atoms with van der Waals surface area (Å²) in [7, 11) is -4.76. The van der Waals surface area contributed by atoms with Gasteiger partial charge < -0.3 is 24.2 Å². The number of allylic oxidation sites excluding steroid dienone is 8. The summed E-state index contributed by atoms with van der Waals surface area (Å²) in [5, 5.41) is 9.86. The van der Waals surface area contributed by atoms with Gasteiger partial charge in [-0.2, -0.15) is 0 Å². The molecule has 0 heterocycles. The second-order valence-corrected chi connectivity index (χ2v) is 24.1. The molecule has 0 saturated carbocycles. The van der Waals surface area contributed by atoms with Crippen LogP contribution in [0.15, 0.2) is 48.6 Å². The van der Waals surface area contributed by atoms with E-state index < -0.39 is 57.8 Å². The molecule has 0 radical (unpaired) electrons. The van der Waals surface area contributed by atoms with Crippen LogP contribution >= 0.6 is 7.82 Å². The van der Waals surface area contributed by atoms with E-state index >= 15 is 0 Å². The molecule has 3 unspecified atom stereocenters. The summed E-state index contributed by atoms with van der Waals surface area (Å²) < 4.78 is 39.8. The zero-order chi connectivity index (χ0) is 58.3. The molecule has 0 aromatic carbocycles. The van der Waals surface area contributed by atoms with Gasteiger partial charge in [0, 0.05) is 19.3 Å². The van der Waals surface area contributed by atoms with Gasteiger partial charge >= 0.3 is 25.7 Å². The largest absolute Gasteiger partial charge is 0.472 e. The Labute approximate surface area is 492 Å². The van der Waals surface area contributed by atoms with E-state index in [1.807, 2.05) is 0 Å². The van der Waals surface area contributed by atoms with Crippen LogP contribution in [-0.2, 0) is 42.2 Å². The zero-order valence-electron chi connectivity index (χ0n) is 52.1. The second-order valence-electron chi connectivity index (χ2n) is 22.6. The minimum absolute atomic E-state index is 0.159. The van der Waals surface area contributed by atoms with E-state index in [4.69, 9.17) is 23.3 Å². The first-order valence-corrected chi connectivity index (χ1v) is 35.0. The first kappa shape index (κ1) is 77.4. The number of unbranched alkanes of at least 4 members (excludes halogenated alkanes) is 38. The molecule has 0 bridgehead atoms. The van der Waals surface area contributed by atoms with Gasteiger partial charge in [0.1, 0.15) is 12.7 Å². The predicted molar refractivity (Wildman–Crippen MR) is 335 cm³/mol. The number of hydrogen-bond acceptors (Lipinski definition) is 10. The number of aliphatic hydroxyl groups excluding tert-OH is 1. The molecule has 0 aliphatic rings. The van der Waals surface area contributed by atoms with Crippen molar-refractivity contribution in [1.82, 2.24) is 0 Å². The molecule has 0 aromatic heterocycles. The number of esters is 3. The lowest BCUT2D eigenvalue weighted by Gasteiger charge is -2.21. The van der Waals surface area contributed by atoms with Crippen molar-refractivity contribution in [3.8, 4) is 0 Å². The van der Waals surface area contributed by atoms with Crippen molar-refractivity contribution >= 4 is 25.7 Å². The Morgan fingerprint density at radius 2 is 0.650 bits per heavy atom. The molecule has 0 rings (SSSR count). The molecule has 0 aliphatic carbocycles. The van der Waals surface area contributed by atoms with Crippen LogP contribution in [0.4, 0.5) is 0 Å². The van der Waals surface area contributed by atoms with Crippen molar-refractivity contribution in [1.29, 1.82) is 0 Å². The Morgan fingerprint density at radius 3 is 1.01 bits per heavy atom. The number of carbonyl (C=O) groups excluding carboxylic acids is 3. The van der Waals surface area contributed by atoms with Gasteiger partial charge in [-0.3, -0.25) is 23.4 Å². The quantitative estimate of drug-likeness (QED) is 0.0197. The van der Waals surface area contributed by atoms with E-state index in [0.717, 1.165) is 96.3 Å². The molecule has 0 amide bonds. The molecule has 0 aromatic rings. The molecule has 468 valence electrons. The summed E-state index contributed by atoms with van der Waals surface area (Å²) in [5.41, 5.74) is 0. The lowest BCUT2D eigenvalue weighted by atomic mass is 10.0. The van der Waals surface area contributed by atoms with E-state index in [0.29, 0.717) is 19.3 Å². The minimum Gasteiger partial charge on any atom is -0.462 e. The van der Waals surface area contributed by atoms with Crippen molar-refractivity contribution in [3.63, 3.8) is 0 Å². The first-order valence-electron chi connectivity index (χ1n) is 33.5. The highest BCUT2D eigenvalue weighted by molar-refractivity contribution is 7.47. The van der Waals surface area contributed by atoms with Crippen LogP contribution in [0.5, 0.6) is 0 Å². The summed E-state index contributed by atoms with van der Waals surface area (Å²) in [6.45, 7) is 4.59. The van der Waals surface area contributed by atoms with Crippen molar-refractivity contribution in [2.75, 3.05) is 26.4 Å². The highest BCUT2D eigenvalue weighted by Crippen LogP contribution is 2.43. The Kier molecular flexibility index (Phi) is 60.5. The van der Waals surface area contributed by atoms with Gasteiger partial charge in [-0.1, -0.05) is 281 Å². The number of hydrogen-bond donors (Lipinski definition) is 2. The van der Waals surface area contributed by atoms with E-state index in [1.54, 1.807) is 0 Å². The fraction of sp³-hybridized carbons (Fsp3) is 0.838. The molecular formula is C68H125O11P. The summed E-state index contributed by atoms with van der Waals surface area (Å²) in [5.74, 6) is -1.45. The van der Waals surface area contributed by atoms with Gasteiger partial charge in [0.05, 0.1) is 19.8 Å². The van der Waals surface area contributed by atoms with Crippen molar-refractivity contribution in [2.24, 2.45) is 0 Å². The van der Waals surface area contributed by atoms with Gasteiger partial charge in [-0.15, -0.1) is 0 Å². The maximum absolute atomic E-state index is 13.0. The van der Waals surface area contributed by atoms with E-state index in [-0.39, 0.29) is 25.9 Å². The first-order chi connectivity index (χ1) is 39.2. The number of ether oxygens (including phenoxy) is 3. The Bertz CT molecular complexity index is 1530. The Morgan fingerprint density at radius 1 is 0.362 bits per heavy atom. The average molecular weight is 1150 g/mol. The third kappa shape index (κ3) is 60.0. The SMILES string of the molecule is CC/C=C\C/C=C\C/C=C\CCCCCCCCCC(=O)OC(COC(=O)CCCCCCCCCCCCCCCCCCCCC)COP(=O)(O)OCC(CO)OC(=O)CCCCCCCCC/C=C\CCCCCCCC. The van der Waals surface area contributed by atoms with Crippen LogP contribution in [0.25, 0.3) is 0 Å². The minimum atomic E-state index is -4.76. The molecule has 80 heavy (non-hydrogen) atoms. The highest BCUT2D eigenvalue weighted by Gasteiger charge is 2.28. The molecule has 11 nitrogen and oxygen atoms in total. The smallest absolute Gasteiger partial charge is 0.462 e. The maximum atomic E-state index is 13.0. The fourth-order valence-electron chi connectivity index (χ4n) is 9.66. The monoisotopic (exact) mass is 1150 g/mol. The Balaban J connectivity index is 4.66. The van der Waals surface area contributed by atoms with Gasteiger partial charge in [0.2, 0.25) is 0 Å². The normalized spacial score (nSPS) is 13.5. The summed E-state index contributed by atoms with van der Waals surface area (Å²) >= 11 is 0. The lowest BCUT2D eigenvalue weighted by molar-refractivity contribution is -0.161. The van der Waals surface area contributed by atoms with Gasteiger partial charge in [0.15, 0.2) is 6.10 Å². The molecule has 0 aliphatic heterocycles. The number of phosphoric ester groups is 1. The van der Waals surface area contributed by atoms with Crippen LogP contribution in [0.3, 0.4) is 0 Å². The number of aliphatic hydroxyl groups is 1. The summed E-state index contributed by atoms with van der Waals surface area (Å²) in [6.07, 6.45) is 69.2. The average Bonchev–Trinajstić information content (AvgIpc) is 3.45. The second kappa shape index (κ2) is 62.5. The molecule has 3 atom stereocenters. The maximum Gasteiger partial charge on any atom is 0.472 e. The highest BCUT2D eigenvalue weighted by atomic mass is 31.2. The molecule has 0 fully saturated rings. The molecule has 12 heteroatoms. The van der Waals surface area contributed by atoms with Crippen molar-refractivity contribution in [3.05, 3.63) is 48.6 Å². The van der Waals surface area contributed by atoms with Gasteiger partial charge in [-0.05, 0) is 77.0 Å². The van der Waals surface area contributed by atoms with Gasteiger partial charge in [0.25, 0.3) is 0 Å². The predicted octanol–water partition coefficient (Wildman–Crippen LogP) is 20.5. The fourth-order valence-corrected chi connectivity index (χ4v) is 10.4. The van der Waals surface area contributed by atoms with E-state index in [2.05, 4.69) is 69.4 Å². The van der Waals surface area contributed by atoms with Crippen molar-refractivity contribution < 1.29 is 52.2 Å². The molecule has 2 N–H and O–H groups in total.